The largest absolute Gasteiger partial charge is 0.379 e. The number of para-hydroxylation sites is 1. The number of nitrogens with one attached hydrogen (secondary N) is 1. The normalized spacial score (nSPS) is 14.8. The van der Waals surface area contributed by atoms with E-state index in [0.29, 0.717) is 18.1 Å². The van der Waals surface area contributed by atoms with E-state index in [1.807, 2.05) is 37.3 Å². The van der Waals surface area contributed by atoms with E-state index >= 15 is 0 Å². The molecular weight excluding hydrogens is 330 g/mol. The third-order valence-corrected chi connectivity index (χ3v) is 4.34. The summed E-state index contributed by atoms with van der Waals surface area (Å²) in [6, 6.07) is 9.59. The highest BCUT2D eigenvalue weighted by Gasteiger charge is 2.17. The minimum atomic E-state index is -0.147. The van der Waals surface area contributed by atoms with Gasteiger partial charge in [-0.3, -0.25) is 9.69 Å². The van der Waals surface area contributed by atoms with Crippen LogP contribution in [0.25, 0.3) is 0 Å². The summed E-state index contributed by atoms with van der Waals surface area (Å²) in [5.41, 5.74) is 1.20. The fraction of sp³-hybridized carbons (Fsp3) is 0.421. The molecule has 138 valence electrons. The fourth-order valence-corrected chi connectivity index (χ4v) is 2.89. The number of nitrogens with zero attached hydrogens (tertiary/aromatic N) is 4. The number of amides is 1. The highest BCUT2D eigenvalue weighted by Crippen LogP contribution is 2.15. The molecule has 1 fully saturated rings. The van der Waals surface area contributed by atoms with Gasteiger partial charge in [0.25, 0.3) is 5.91 Å². The van der Waals surface area contributed by atoms with Crippen LogP contribution in [-0.2, 0) is 4.74 Å². The molecule has 1 aliphatic rings. The number of ether oxygens (including phenoxy) is 1. The summed E-state index contributed by atoms with van der Waals surface area (Å²) >= 11 is 0. The van der Waals surface area contributed by atoms with Crippen molar-refractivity contribution in [2.24, 2.45) is 0 Å². The molecule has 0 aliphatic carbocycles. The molecule has 7 nitrogen and oxygen atoms in total. The summed E-state index contributed by atoms with van der Waals surface area (Å²) < 4.78 is 5.34. The Labute approximate surface area is 154 Å². The van der Waals surface area contributed by atoms with Crippen LogP contribution in [0.2, 0.25) is 0 Å². The van der Waals surface area contributed by atoms with Gasteiger partial charge >= 0.3 is 0 Å². The number of hydrogen-bond donors (Lipinski definition) is 1. The number of benzene rings is 1. The van der Waals surface area contributed by atoms with Crippen molar-refractivity contribution in [1.82, 2.24) is 14.9 Å². The van der Waals surface area contributed by atoms with Crippen molar-refractivity contribution in [1.29, 1.82) is 0 Å². The maximum atomic E-state index is 12.7. The number of aromatic nitrogens is 2. The van der Waals surface area contributed by atoms with E-state index in [2.05, 4.69) is 20.2 Å². The van der Waals surface area contributed by atoms with Gasteiger partial charge in [0.15, 0.2) is 0 Å². The predicted molar refractivity (Wildman–Crippen MR) is 102 cm³/mol. The smallest absolute Gasteiger partial charge is 0.278 e. The van der Waals surface area contributed by atoms with Crippen molar-refractivity contribution in [2.45, 2.75) is 6.92 Å². The highest BCUT2D eigenvalue weighted by atomic mass is 16.5. The summed E-state index contributed by atoms with van der Waals surface area (Å²) in [5.74, 6) is 0.531. The van der Waals surface area contributed by atoms with Gasteiger partial charge in [-0.1, -0.05) is 18.2 Å². The zero-order valence-electron chi connectivity index (χ0n) is 15.1. The van der Waals surface area contributed by atoms with Crippen molar-refractivity contribution < 1.29 is 9.53 Å². The Morgan fingerprint density at radius 2 is 1.96 bits per heavy atom. The number of carbonyl (C=O) groups is 1. The Kier molecular flexibility index (Phi) is 6.51. The SMILES string of the molecule is CCN(C(=O)c1cnc(NCCN2CCOCC2)cn1)c1ccccc1. The number of carbonyl (C=O) groups excluding carboxylic acids is 1. The fourth-order valence-electron chi connectivity index (χ4n) is 2.89. The molecule has 1 aromatic heterocycles. The van der Waals surface area contributed by atoms with Crippen molar-refractivity contribution >= 4 is 17.4 Å². The average molecular weight is 355 g/mol. The molecular formula is C19H25N5O2. The second kappa shape index (κ2) is 9.26. The molecule has 1 N–H and O–H groups in total. The standard InChI is InChI=1S/C19H25N5O2/c1-2-24(16-6-4-3-5-7-16)19(25)17-14-22-18(15-21-17)20-8-9-23-10-12-26-13-11-23/h3-7,14-15H,2,8-13H2,1H3,(H,20,22). The molecule has 0 atom stereocenters. The molecule has 0 spiro atoms. The van der Waals surface area contributed by atoms with Gasteiger partial charge in [0.1, 0.15) is 11.5 Å². The highest BCUT2D eigenvalue weighted by molar-refractivity contribution is 6.04. The number of morpholine rings is 1. The summed E-state index contributed by atoms with van der Waals surface area (Å²) in [5, 5.41) is 3.25. The van der Waals surface area contributed by atoms with Crippen LogP contribution in [0.4, 0.5) is 11.5 Å². The molecule has 1 saturated heterocycles. The Morgan fingerprint density at radius 1 is 1.19 bits per heavy atom. The van der Waals surface area contributed by atoms with E-state index in [-0.39, 0.29) is 5.91 Å². The quantitative estimate of drug-likeness (QED) is 0.818. The van der Waals surface area contributed by atoms with Crippen LogP contribution in [0, 0.1) is 0 Å². The first-order chi connectivity index (χ1) is 12.8. The van der Waals surface area contributed by atoms with Gasteiger partial charge in [0.05, 0.1) is 25.6 Å². The Hall–Kier alpha value is -2.51. The van der Waals surface area contributed by atoms with Crippen LogP contribution in [0.15, 0.2) is 42.7 Å². The van der Waals surface area contributed by atoms with Gasteiger partial charge in [-0.25, -0.2) is 9.97 Å². The Morgan fingerprint density at radius 3 is 2.62 bits per heavy atom. The summed E-state index contributed by atoms with van der Waals surface area (Å²) in [6.07, 6.45) is 3.15. The molecule has 0 unspecified atom stereocenters. The van der Waals surface area contributed by atoms with E-state index in [1.165, 1.54) is 6.20 Å². The third-order valence-electron chi connectivity index (χ3n) is 4.34. The van der Waals surface area contributed by atoms with Crippen LogP contribution in [0.5, 0.6) is 0 Å². The lowest BCUT2D eigenvalue weighted by Gasteiger charge is -2.26. The minimum absolute atomic E-state index is 0.147. The maximum absolute atomic E-state index is 12.7. The van der Waals surface area contributed by atoms with Gasteiger partial charge in [-0.2, -0.15) is 0 Å². The lowest BCUT2D eigenvalue weighted by atomic mass is 10.2. The number of rotatable bonds is 7. The number of hydrogen-bond acceptors (Lipinski definition) is 6. The first-order valence-electron chi connectivity index (χ1n) is 9.01. The van der Waals surface area contributed by atoms with Crippen LogP contribution in [0.1, 0.15) is 17.4 Å². The second-order valence-corrected chi connectivity index (χ2v) is 6.05. The molecule has 2 aromatic rings. The maximum Gasteiger partial charge on any atom is 0.278 e. The van der Waals surface area contributed by atoms with Gasteiger partial charge < -0.3 is 15.0 Å². The van der Waals surface area contributed by atoms with Crippen molar-refractivity contribution in [3.63, 3.8) is 0 Å². The first-order valence-corrected chi connectivity index (χ1v) is 9.01. The van der Waals surface area contributed by atoms with Crippen molar-refractivity contribution in [3.05, 3.63) is 48.4 Å². The molecule has 2 heterocycles. The van der Waals surface area contributed by atoms with Gasteiger partial charge in [-0.15, -0.1) is 0 Å². The monoisotopic (exact) mass is 355 g/mol. The van der Waals surface area contributed by atoms with Gasteiger partial charge in [0.2, 0.25) is 0 Å². The van der Waals surface area contributed by atoms with Crippen LogP contribution >= 0.6 is 0 Å². The molecule has 0 bridgehead atoms. The van der Waals surface area contributed by atoms with Crippen LogP contribution in [-0.4, -0.2) is 66.7 Å². The molecule has 7 heteroatoms. The topological polar surface area (TPSA) is 70.6 Å². The van der Waals surface area contributed by atoms with Crippen LogP contribution in [0.3, 0.4) is 0 Å². The van der Waals surface area contributed by atoms with Crippen molar-refractivity contribution in [2.75, 3.05) is 56.2 Å². The molecule has 1 aliphatic heterocycles. The first kappa shape index (κ1) is 18.3. The van der Waals surface area contributed by atoms with Gasteiger partial charge in [-0.05, 0) is 19.1 Å². The van der Waals surface area contributed by atoms with Crippen LogP contribution < -0.4 is 10.2 Å². The summed E-state index contributed by atoms with van der Waals surface area (Å²) in [7, 11) is 0. The predicted octanol–water partition coefficient (Wildman–Crippen LogP) is 1.89. The Balaban J connectivity index is 1.55. The summed E-state index contributed by atoms with van der Waals surface area (Å²) in [6.45, 7) is 7.76. The summed E-state index contributed by atoms with van der Waals surface area (Å²) in [4.78, 5) is 25.3. The lowest BCUT2D eigenvalue weighted by molar-refractivity contribution is 0.0398. The average Bonchev–Trinajstić information content (AvgIpc) is 2.71. The molecule has 0 radical (unpaired) electrons. The van der Waals surface area contributed by atoms with Crippen molar-refractivity contribution in [3.8, 4) is 0 Å². The molecule has 26 heavy (non-hydrogen) atoms. The van der Waals surface area contributed by atoms with E-state index < -0.39 is 0 Å². The lowest BCUT2D eigenvalue weighted by Crippen LogP contribution is -2.39. The number of anilines is 2. The molecule has 0 saturated carbocycles. The van der Waals surface area contributed by atoms with E-state index in [4.69, 9.17) is 4.74 Å². The molecule has 1 amide bonds. The van der Waals surface area contributed by atoms with E-state index in [1.54, 1.807) is 11.1 Å². The zero-order valence-corrected chi connectivity index (χ0v) is 15.1. The second-order valence-electron chi connectivity index (χ2n) is 6.05. The van der Waals surface area contributed by atoms with Gasteiger partial charge in [0, 0.05) is 38.4 Å². The molecule has 1 aromatic carbocycles. The van der Waals surface area contributed by atoms with E-state index in [9.17, 15) is 4.79 Å². The zero-order chi connectivity index (χ0) is 18.2. The minimum Gasteiger partial charge on any atom is -0.379 e. The third kappa shape index (κ3) is 4.77. The Bertz CT molecular complexity index is 687. The molecule has 3 rings (SSSR count). The van der Waals surface area contributed by atoms with E-state index in [0.717, 1.165) is 45.1 Å².